The first-order valence-corrected chi connectivity index (χ1v) is 14.5. The van der Waals surface area contributed by atoms with Crippen LogP contribution in [0.2, 0.25) is 0 Å². The van der Waals surface area contributed by atoms with Gasteiger partial charge in [-0.25, -0.2) is 14.2 Å². The number of hydrogen-bond donors (Lipinski definition) is 1. The molecule has 1 unspecified atom stereocenters. The number of amides is 2. The predicted molar refractivity (Wildman–Crippen MR) is 143 cm³/mol. The molecule has 2 amide bonds. The SMILES string of the molecule is CCN(C(=O)OC(C)(C)C)C1CC[C@H](OC)Cn2c1nc(C(=O)NCc1ccc(F)cc1)c(OS(C)(=O)=O)c2=O. The fourth-order valence-corrected chi connectivity index (χ4v) is 4.74. The Morgan fingerprint density at radius 2 is 1.85 bits per heavy atom. The number of nitrogens with zero attached hydrogens (tertiary/aromatic N) is 3. The van der Waals surface area contributed by atoms with Gasteiger partial charge in [-0.3, -0.25) is 19.1 Å². The van der Waals surface area contributed by atoms with E-state index in [1.807, 2.05) is 0 Å². The van der Waals surface area contributed by atoms with E-state index in [0.717, 1.165) is 6.26 Å². The van der Waals surface area contributed by atoms with Crippen molar-refractivity contribution >= 4 is 22.1 Å². The third kappa shape index (κ3) is 7.78. The number of methoxy groups -OCH3 is 1. The Hall–Kier alpha value is -3.52. The van der Waals surface area contributed by atoms with E-state index in [-0.39, 0.29) is 25.5 Å². The molecule has 1 aromatic carbocycles. The number of carbonyl (C=O) groups excluding carboxylic acids is 2. The summed E-state index contributed by atoms with van der Waals surface area (Å²) in [5, 5.41) is 2.57. The summed E-state index contributed by atoms with van der Waals surface area (Å²) in [6.45, 7) is 7.03. The summed E-state index contributed by atoms with van der Waals surface area (Å²) in [4.78, 5) is 46.0. The van der Waals surface area contributed by atoms with Crippen LogP contribution in [-0.2, 0) is 32.7 Å². The fourth-order valence-electron chi connectivity index (χ4n) is 4.29. The van der Waals surface area contributed by atoms with Crippen molar-refractivity contribution in [1.29, 1.82) is 0 Å². The number of fused-ring (bicyclic) bond motifs is 1. The average Bonchev–Trinajstić information content (AvgIpc) is 3.03. The first kappa shape index (κ1) is 31.0. The van der Waals surface area contributed by atoms with Gasteiger partial charge in [-0.1, -0.05) is 12.1 Å². The van der Waals surface area contributed by atoms with Crippen LogP contribution in [0.25, 0.3) is 0 Å². The van der Waals surface area contributed by atoms with E-state index in [2.05, 4.69) is 10.3 Å². The molecule has 2 atom stereocenters. The van der Waals surface area contributed by atoms with Gasteiger partial charge >= 0.3 is 16.2 Å². The van der Waals surface area contributed by atoms with Gasteiger partial charge in [0.25, 0.3) is 11.5 Å². The first-order valence-electron chi connectivity index (χ1n) is 12.7. The van der Waals surface area contributed by atoms with Gasteiger partial charge in [0.15, 0.2) is 5.69 Å². The van der Waals surface area contributed by atoms with Crippen molar-refractivity contribution in [1.82, 2.24) is 19.8 Å². The Morgan fingerprint density at radius 3 is 2.40 bits per heavy atom. The highest BCUT2D eigenvalue weighted by atomic mass is 32.2. The molecule has 0 bridgehead atoms. The lowest BCUT2D eigenvalue weighted by Crippen LogP contribution is -2.42. The van der Waals surface area contributed by atoms with E-state index < -0.39 is 62.7 Å². The quantitative estimate of drug-likeness (QED) is 0.464. The topological polar surface area (TPSA) is 146 Å². The minimum atomic E-state index is -4.24. The molecule has 0 aliphatic carbocycles. The molecular formula is C26H35FN4O8S. The van der Waals surface area contributed by atoms with E-state index in [1.165, 1.54) is 40.8 Å². The molecule has 1 N–H and O–H groups in total. The molecule has 2 aromatic rings. The van der Waals surface area contributed by atoms with Gasteiger partial charge in [0, 0.05) is 20.2 Å². The molecule has 40 heavy (non-hydrogen) atoms. The van der Waals surface area contributed by atoms with Gasteiger partial charge in [0.2, 0.25) is 5.75 Å². The molecule has 3 rings (SSSR count). The number of benzene rings is 1. The Labute approximate surface area is 232 Å². The Morgan fingerprint density at radius 1 is 1.20 bits per heavy atom. The number of hydrogen-bond acceptors (Lipinski definition) is 9. The van der Waals surface area contributed by atoms with Crippen molar-refractivity contribution in [3.05, 3.63) is 57.5 Å². The molecule has 0 fully saturated rings. The van der Waals surface area contributed by atoms with Gasteiger partial charge in [-0.2, -0.15) is 8.42 Å². The first-order chi connectivity index (χ1) is 18.6. The van der Waals surface area contributed by atoms with E-state index in [1.54, 1.807) is 27.7 Å². The molecule has 2 heterocycles. The zero-order chi connectivity index (χ0) is 29.8. The summed E-state index contributed by atoms with van der Waals surface area (Å²) in [6, 6.07) is 4.57. The maximum absolute atomic E-state index is 13.7. The molecule has 0 saturated heterocycles. The predicted octanol–water partition coefficient (Wildman–Crippen LogP) is 2.76. The van der Waals surface area contributed by atoms with E-state index in [0.29, 0.717) is 18.4 Å². The third-order valence-corrected chi connectivity index (χ3v) is 6.57. The smallest absolute Gasteiger partial charge is 0.410 e. The standard InChI is InChI=1S/C26H35FN4O8S/c1-7-30(25(34)38-26(2,3)4)19-13-12-18(37-5)15-31-22(19)29-20(21(24(31)33)39-40(6,35)36)23(32)28-14-16-8-10-17(27)11-9-16/h8-11,18-19H,7,12-15H2,1-6H3,(H,28,32)/t18-,19?/m0/s1. The maximum Gasteiger partial charge on any atom is 0.410 e. The van der Waals surface area contributed by atoms with Crippen molar-refractivity contribution in [2.24, 2.45) is 0 Å². The number of rotatable bonds is 8. The largest absolute Gasteiger partial charge is 0.444 e. The zero-order valence-electron chi connectivity index (χ0n) is 23.4. The van der Waals surface area contributed by atoms with Crippen molar-refractivity contribution < 1.29 is 36.1 Å². The van der Waals surface area contributed by atoms with Crippen LogP contribution in [0, 0.1) is 5.82 Å². The molecule has 0 radical (unpaired) electrons. The van der Waals surface area contributed by atoms with Crippen molar-refractivity contribution in [2.45, 2.75) is 71.4 Å². The monoisotopic (exact) mass is 582 g/mol. The molecule has 1 aliphatic heterocycles. The molecule has 1 aromatic heterocycles. The van der Waals surface area contributed by atoms with Crippen LogP contribution in [0.5, 0.6) is 5.75 Å². The van der Waals surface area contributed by atoms with E-state index in [9.17, 15) is 27.2 Å². The van der Waals surface area contributed by atoms with Crippen molar-refractivity contribution in [3.8, 4) is 5.75 Å². The van der Waals surface area contributed by atoms with Crippen LogP contribution >= 0.6 is 0 Å². The van der Waals surface area contributed by atoms with Gasteiger partial charge in [-0.15, -0.1) is 0 Å². The second-order valence-electron chi connectivity index (χ2n) is 10.4. The third-order valence-electron chi connectivity index (χ3n) is 6.10. The summed E-state index contributed by atoms with van der Waals surface area (Å²) in [5.41, 5.74) is -1.73. The van der Waals surface area contributed by atoms with Crippen molar-refractivity contribution in [2.75, 3.05) is 19.9 Å². The van der Waals surface area contributed by atoms with Crippen LogP contribution in [0.15, 0.2) is 29.1 Å². The normalized spacial score (nSPS) is 17.4. The maximum atomic E-state index is 13.7. The van der Waals surface area contributed by atoms with Gasteiger partial charge < -0.3 is 19.0 Å². The van der Waals surface area contributed by atoms with Gasteiger partial charge in [0.05, 0.1) is 24.9 Å². The zero-order valence-corrected chi connectivity index (χ0v) is 24.2. The summed E-state index contributed by atoms with van der Waals surface area (Å²) in [7, 11) is -2.77. The highest BCUT2D eigenvalue weighted by Crippen LogP contribution is 2.31. The Kier molecular flexibility index (Phi) is 9.56. The van der Waals surface area contributed by atoms with E-state index in [4.69, 9.17) is 13.7 Å². The molecular weight excluding hydrogens is 547 g/mol. The highest BCUT2D eigenvalue weighted by molar-refractivity contribution is 7.86. The van der Waals surface area contributed by atoms with Crippen LogP contribution < -0.4 is 15.1 Å². The summed E-state index contributed by atoms with van der Waals surface area (Å²) in [6.07, 6.45) is 0.379. The second-order valence-corrected chi connectivity index (χ2v) is 12.0. The fraction of sp³-hybridized carbons (Fsp3) is 0.538. The molecule has 12 nitrogen and oxygen atoms in total. The van der Waals surface area contributed by atoms with Crippen LogP contribution in [0.3, 0.4) is 0 Å². The lowest BCUT2D eigenvalue weighted by atomic mass is 10.1. The van der Waals surface area contributed by atoms with Gasteiger partial charge in [-0.05, 0) is 58.2 Å². The number of halogens is 1. The Balaban J connectivity index is 2.15. The Bertz CT molecular complexity index is 1400. The lowest BCUT2D eigenvalue weighted by Gasteiger charge is -2.32. The summed E-state index contributed by atoms with van der Waals surface area (Å²) < 4.78 is 54.7. The summed E-state index contributed by atoms with van der Waals surface area (Å²) in [5.74, 6) is -2.07. The molecule has 14 heteroatoms. The minimum absolute atomic E-state index is 0.0162. The number of aromatic nitrogens is 2. The molecule has 0 spiro atoms. The molecule has 0 saturated carbocycles. The molecule has 220 valence electrons. The van der Waals surface area contributed by atoms with Crippen molar-refractivity contribution in [3.63, 3.8) is 0 Å². The lowest BCUT2D eigenvalue weighted by molar-refractivity contribution is 0.0139. The second kappa shape index (κ2) is 12.3. The number of nitrogens with one attached hydrogen (secondary N) is 1. The number of carbonyl (C=O) groups is 2. The van der Waals surface area contributed by atoms with Crippen LogP contribution in [0.1, 0.15) is 68.5 Å². The van der Waals surface area contributed by atoms with E-state index >= 15 is 0 Å². The van der Waals surface area contributed by atoms with Gasteiger partial charge in [0.1, 0.15) is 17.2 Å². The minimum Gasteiger partial charge on any atom is -0.444 e. The highest BCUT2D eigenvalue weighted by Gasteiger charge is 2.37. The number of ether oxygens (including phenoxy) is 2. The summed E-state index contributed by atoms with van der Waals surface area (Å²) >= 11 is 0. The average molecular weight is 583 g/mol. The molecule has 1 aliphatic rings. The van der Waals surface area contributed by atoms with Crippen LogP contribution in [0.4, 0.5) is 9.18 Å². The van der Waals surface area contributed by atoms with Crippen LogP contribution in [-0.4, -0.2) is 66.5 Å².